The Morgan fingerprint density at radius 3 is 2.62 bits per heavy atom. The fourth-order valence-electron chi connectivity index (χ4n) is 4.09. The Hall–Kier alpha value is -3.19. The second kappa shape index (κ2) is 9.53. The Kier molecular flexibility index (Phi) is 6.55. The van der Waals surface area contributed by atoms with Crippen LogP contribution in [-0.4, -0.2) is 29.3 Å². The summed E-state index contributed by atoms with van der Waals surface area (Å²) in [5.41, 5.74) is 8.40. The summed E-state index contributed by atoms with van der Waals surface area (Å²) in [5, 5.41) is 4.20. The minimum absolute atomic E-state index is 0.163. The van der Waals surface area contributed by atoms with Crippen LogP contribution in [0.4, 0.5) is 0 Å². The van der Waals surface area contributed by atoms with Crippen molar-refractivity contribution in [2.75, 3.05) is 6.61 Å². The maximum absolute atomic E-state index is 12.5. The van der Waals surface area contributed by atoms with Gasteiger partial charge in [-0.1, -0.05) is 0 Å². The molecular weight excluding hydrogens is 422 g/mol. The molecular formula is C25H27N3O3S. The summed E-state index contributed by atoms with van der Waals surface area (Å²) in [6.07, 6.45) is 6.22. The highest BCUT2D eigenvalue weighted by Gasteiger charge is 2.17. The number of esters is 1. The lowest BCUT2D eigenvalue weighted by molar-refractivity contribution is 0.0526. The fraction of sp³-hybridized carbons (Fsp3) is 0.320. The molecule has 7 heteroatoms. The molecule has 0 saturated carbocycles. The van der Waals surface area contributed by atoms with Crippen LogP contribution in [0.1, 0.15) is 67.2 Å². The van der Waals surface area contributed by atoms with Crippen LogP contribution in [0.2, 0.25) is 0 Å². The van der Waals surface area contributed by atoms with Gasteiger partial charge in [0.15, 0.2) is 0 Å². The van der Waals surface area contributed by atoms with E-state index in [9.17, 15) is 9.59 Å². The first kappa shape index (κ1) is 22.0. The molecule has 0 unspecified atom stereocenters. The molecule has 1 amide bonds. The Labute approximate surface area is 191 Å². The highest BCUT2D eigenvalue weighted by atomic mass is 32.1. The first-order chi connectivity index (χ1) is 15.5. The van der Waals surface area contributed by atoms with Gasteiger partial charge in [-0.3, -0.25) is 4.79 Å². The molecule has 1 aliphatic rings. The molecule has 166 valence electrons. The van der Waals surface area contributed by atoms with Gasteiger partial charge in [-0.15, -0.1) is 11.3 Å². The molecule has 0 aliphatic heterocycles. The van der Waals surface area contributed by atoms with Crippen LogP contribution < -0.4 is 5.43 Å². The lowest BCUT2D eigenvalue weighted by Gasteiger charge is -2.10. The quantitative estimate of drug-likeness (QED) is 0.328. The highest BCUT2D eigenvalue weighted by molar-refractivity contribution is 7.14. The number of thiophene rings is 1. The van der Waals surface area contributed by atoms with E-state index in [-0.39, 0.29) is 11.9 Å². The van der Waals surface area contributed by atoms with Crippen molar-refractivity contribution in [2.45, 2.75) is 46.5 Å². The smallest absolute Gasteiger partial charge is 0.338 e. The summed E-state index contributed by atoms with van der Waals surface area (Å²) in [6.45, 7) is 6.16. The third-order valence-corrected chi connectivity index (χ3v) is 6.93. The molecule has 0 atom stereocenters. The molecule has 0 bridgehead atoms. The number of amides is 1. The lowest BCUT2D eigenvalue weighted by Crippen LogP contribution is -2.16. The number of aryl methyl sites for hydroxylation is 3. The van der Waals surface area contributed by atoms with Crippen molar-refractivity contribution in [3.63, 3.8) is 0 Å². The van der Waals surface area contributed by atoms with Gasteiger partial charge in [0, 0.05) is 27.5 Å². The summed E-state index contributed by atoms with van der Waals surface area (Å²) in [5.74, 6) is -0.487. The van der Waals surface area contributed by atoms with E-state index in [4.69, 9.17) is 4.74 Å². The van der Waals surface area contributed by atoms with Gasteiger partial charge < -0.3 is 9.30 Å². The molecule has 3 aromatic rings. The van der Waals surface area contributed by atoms with E-state index in [1.807, 2.05) is 38.1 Å². The predicted octanol–water partition coefficient (Wildman–Crippen LogP) is 4.98. The van der Waals surface area contributed by atoms with Gasteiger partial charge in [-0.2, -0.15) is 5.10 Å². The maximum Gasteiger partial charge on any atom is 0.338 e. The molecule has 1 aliphatic carbocycles. The molecule has 1 aromatic carbocycles. The monoisotopic (exact) mass is 449 g/mol. The molecule has 0 fully saturated rings. The third-order valence-electron chi connectivity index (χ3n) is 5.70. The standard InChI is InChI=1S/C25H27N3O3S/c1-4-31-25(30)18-9-11-21(12-10-18)28-16(2)13-20(17(28)3)15-26-27-24(29)23-14-19-7-5-6-8-22(19)32-23/h9-15H,4-8H2,1-3H3,(H,27,29). The molecule has 4 rings (SSSR count). The average Bonchev–Trinajstić information content (AvgIpc) is 3.35. The normalized spacial score (nSPS) is 13.2. The molecule has 0 saturated heterocycles. The molecule has 32 heavy (non-hydrogen) atoms. The van der Waals surface area contributed by atoms with Crippen molar-refractivity contribution in [3.8, 4) is 5.69 Å². The number of hydrazone groups is 1. The number of ether oxygens (including phenoxy) is 1. The Morgan fingerprint density at radius 1 is 1.16 bits per heavy atom. The molecule has 2 aromatic heterocycles. The molecule has 0 radical (unpaired) electrons. The fourth-order valence-corrected chi connectivity index (χ4v) is 5.24. The second-order valence-electron chi connectivity index (χ2n) is 7.89. The number of hydrogen-bond donors (Lipinski definition) is 1. The van der Waals surface area contributed by atoms with Crippen LogP contribution in [0.3, 0.4) is 0 Å². The average molecular weight is 450 g/mol. The van der Waals surface area contributed by atoms with Crippen molar-refractivity contribution >= 4 is 29.4 Å². The van der Waals surface area contributed by atoms with E-state index in [0.717, 1.165) is 40.4 Å². The van der Waals surface area contributed by atoms with Gasteiger partial charge in [0.25, 0.3) is 5.91 Å². The summed E-state index contributed by atoms with van der Waals surface area (Å²) < 4.78 is 7.14. The van der Waals surface area contributed by atoms with Crippen LogP contribution in [0, 0.1) is 13.8 Å². The van der Waals surface area contributed by atoms with Gasteiger partial charge in [-0.25, -0.2) is 10.2 Å². The number of carbonyl (C=O) groups excluding carboxylic acids is 2. The van der Waals surface area contributed by atoms with Gasteiger partial charge in [0.2, 0.25) is 0 Å². The van der Waals surface area contributed by atoms with Gasteiger partial charge in [0.1, 0.15) is 0 Å². The minimum Gasteiger partial charge on any atom is -0.462 e. The minimum atomic E-state index is -0.324. The van der Waals surface area contributed by atoms with Crippen LogP contribution in [-0.2, 0) is 17.6 Å². The zero-order valence-electron chi connectivity index (χ0n) is 18.6. The SMILES string of the molecule is CCOC(=O)c1ccc(-n2c(C)cc(C=NNC(=O)c3cc4c(s3)CCCC4)c2C)cc1. The van der Waals surface area contributed by atoms with Crippen LogP contribution >= 0.6 is 11.3 Å². The first-order valence-corrected chi connectivity index (χ1v) is 11.7. The zero-order chi connectivity index (χ0) is 22.7. The lowest BCUT2D eigenvalue weighted by atomic mass is 9.99. The van der Waals surface area contributed by atoms with Gasteiger partial charge in [-0.05, 0) is 88.4 Å². The number of fused-ring (bicyclic) bond motifs is 1. The van der Waals surface area contributed by atoms with Crippen LogP contribution in [0.25, 0.3) is 5.69 Å². The van der Waals surface area contributed by atoms with Crippen molar-refractivity contribution in [1.82, 2.24) is 9.99 Å². The number of hydrogen-bond acceptors (Lipinski definition) is 5. The maximum atomic E-state index is 12.5. The summed E-state index contributed by atoms with van der Waals surface area (Å²) in [7, 11) is 0. The predicted molar refractivity (Wildman–Crippen MR) is 127 cm³/mol. The zero-order valence-corrected chi connectivity index (χ0v) is 19.4. The van der Waals surface area contributed by atoms with Gasteiger partial charge >= 0.3 is 5.97 Å². The van der Waals surface area contributed by atoms with Crippen molar-refractivity contribution in [3.05, 3.63) is 74.2 Å². The van der Waals surface area contributed by atoms with E-state index in [1.54, 1.807) is 36.6 Å². The largest absolute Gasteiger partial charge is 0.462 e. The Morgan fingerprint density at radius 2 is 1.91 bits per heavy atom. The van der Waals surface area contributed by atoms with Crippen LogP contribution in [0.5, 0.6) is 0 Å². The van der Waals surface area contributed by atoms with Crippen molar-refractivity contribution in [1.29, 1.82) is 0 Å². The van der Waals surface area contributed by atoms with Crippen molar-refractivity contribution in [2.24, 2.45) is 5.10 Å². The summed E-state index contributed by atoms with van der Waals surface area (Å²) >= 11 is 1.58. The number of benzene rings is 1. The molecule has 6 nitrogen and oxygen atoms in total. The number of rotatable bonds is 6. The Balaban J connectivity index is 1.47. The van der Waals surface area contributed by atoms with E-state index in [2.05, 4.69) is 15.1 Å². The third kappa shape index (κ3) is 4.53. The summed E-state index contributed by atoms with van der Waals surface area (Å²) in [4.78, 5) is 26.5. The highest BCUT2D eigenvalue weighted by Crippen LogP contribution is 2.29. The number of aromatic nitrogens is 1. The molecule has 1 N–H and O–H groups in total. The van der Waals surface area contributed by atoms with E-state index < -0.39 is 0 Å². The van der Waals surface area contributed by atoms with E-state index in [1.165, 1.54) is 23.3 Å². The Bertz CT molecular complexity index is 1150. The molecule has 2 heterocycles. The summed E-state index contributed by atoms with van der Waals surface area (Å²) in [6, 6.07) is 11.4. The topological polar surface area (TPSA) is 72.7 Å². The van der Waals surface area contributed by atoms with Crippen molar-refractivity contribution < 1.29 is 14.3 Å². The van der Waals surface area contributed by atoms with Gasteiger partial charge in [0.05, 0.1) is 23.3 Å². The number of nitrogens with zero attached hydrogens (tertiary/aromatic N) is 2. The number of carbonyl (C=O) groups is 2. The van der Waals surface area contributed by atoms with E-state index in [0.29, 0.717) is 12.2 Å². The number of nitrogens with one attached hydrogen (secondary N) is 1. The second-order valence-corrected chi connectivity index (χ2v) is 9.03. The molecule has 0 spiro atoms. The first-order valence-electron chi connectivity index (χ1n) is 10.9. The van der Waals surface area contributed by atoms with E-state index >= 15 is 0 Å². The van der Waals surface area contributed by atoms with Crippen LogP contribution in [0.15, 0.2) is 41.5 Å².